The number of H-pyrrole nitrogens is 1. The van der Waals surface area contributed by atoms with Gasteiger partial charge in [-0.2, -0.15) is 0 Å². The highest BCUT2D eigenvalue weighted by Gasteiger charge is 2.09. The van der Waals surface area contributed by atoms with Crippen LogP contribution in [0.4, 0.5) is 5.82 Å². The summed E-state index contributed by atoms with van der Waals surface area (Å²) in [4.78, 5) is 17.2. The number of sulfonamides is 1. The first-order valence-electron chi connectivity index (χ1n) is 4.55. The minimum Gasteiger partial charge on any atom is -0.477 e. The fourth-order valence-electron chi connectivity index (χ4n) is 1.39. The van der Waals surface area contributed by atoms with Gasteiger partial charge in [0.2, 0.25) is 10.0 Å². The van der Waals surface area contributed by atoms with Gasteiger partial charge in [0.05, 0.1) is 18.0 Å². The van der Waals surface area contributed by atoms with E-state index in [4.69, 9.17) is 5.11 Å². The van der Waals surface area contributed by atoms with Crippen molar-refractivity contribution in [2.24, 2.45) is 0 Å². The van der Waals surface area contributed by atoms with E-state index >= 15 is 0 Å². The third-order valence-electron chi connectivity index (χ3n) is 2.03. The van der Waals surface area contributed by atoms with Gasteiger partial charge in [-0.3, -0.25) is 4.72 Å². The maximum absolute atomic E-state index is 11.0. The van der Waals surface area contributed by atoms with Crippen molar-refractivity contribution in [1.29, 1.82) is 0 Å². The molecule has 0 fully saturated rings. The third kappa shape index (κ3) is 3.11. The first kappa shape index (κ1) is 14.3. The second-order valence-electron chi connectivity index (χ2n) is 3.52. The van der Waals surface area contributed by atoms with E-state index in [2.05, 4.69) is 14.7 Å². The number of halogens is 1. The molecule has 0 aromatic carbocycles. The summed E-state index contributed by atoms with van der Waals surface area (Å²) >= 11 is 0. The van der Waals surface area contributed by atoms with Crippen LogP contribution >= 0.6 is 12.4 Å². The molecule has 0 saturated heterocycles. The summed E-state index contributed by atoms with van der Waals surface area (Å²) < 4.78 is 24.2. The smallest absolute Gasteiger partial charge is 0.352 e. The van der Waals surface area contributed by atoms with Crippen molar-refractivity contribution in [1.82, 2.24) is 9.97 Å². The molecule has 0 aliphatic rings. The highest BCUT2D eigenvalue weighted by Crippen LogP contribution is 2.18. The molecule has 0 unspecified atom stereocenters. The number of nitrogens with one attached hydrogen (secondary N) is 2. The molecule has 0 saturated carbocycles. The number of nitrogens with zero attached hydrogens (tertiary/aromatic N) is 1. The lowest BCUT2D eigenvalue weighted by molar-refractivity contribution is 0.0691. The van der Waals surface area contributed by atoms with Crippen LogP contribution in [0.5, 0.6) is 0 Å². The maximum atomic E-state index is 11.0. The molecular weight excluding hydrogens is 282 g/mol. The third-order valence-corrected chi connectivity index (χ3v) is 2.61. The topological polar surface area (TPSA) is 112 Å². The van der Waals surface area contributed by atoms with Gasteiger partial charge >= 0.3 is 5.97 Å². The molecule has 0 aliphatic carbocycles. The molecule has 98 valence electrons. The van der Waals surface area contributed by atoms with Gasteiger partial charge in [0.15, 0.2) is 0 Å². The van der Waals surface area contributed by atoms with Gasteiger partial charge in [0.1, 0.15) is 11.5 Å². The zero-order valence-electron chi connectivity index (χ0n) is 9.17. The molecule has 0 atom stereocenters. The van der Waals surface area contributed by atoms with E-state index in [1.807, 2.05) is 0 Å². The lowest BCUT2D eigenvalue weighted by Crippen LogP contribution is -2.10. The molecule has 2 aromatic heterocycles. The van der Waals surface area contributed by atoms with Crippen molar-refractivity contribution in [3.63, 3.8) is 0 Å². The van der Waals surface area contributed by atoms with Crippen molar-refractivity contribution in [3.8, 4) is 0 Å². The number of carboxylic acids is 1. The quantitative estimate of drug-likeness (QED) is 0.782. The molecule has 0 aliphatic heterocycles. The van der Waals surface area contributed by atoms with Crippen LogP contribution in [0, 0.1) is 0 Å². The van der Waals surface area contributed by atoms with Crippen molar-refractivity contribution in [3.05, 3.63) is 24.0 Å². The number of carboxylic acid groups (broad SMARTS) is 1. The number of hydrogen-bond acceptors (Lipinski definition) is 4. The Hall–Kier alpha value is -1.80. The Morgan fingerprint density at radius 2 is 2.11 bits per heavy atom. The molecule has 0 spiro atoms. The fraction of sp³-hybridized carbons (Fsp3) is 0.111. The zero-order chi connectivity index (χ0) is 12.6. The predicted octanol–water partition coefficient (Wildman–Crippen LogP) is 1.05. The molecule has 9 heteroatoms. The molecule has 2 rings (SSSR count). The van der Waals surface area contributed by atoms with Crippen LogP contribution in [0.3, 0.4) is 0 Å². The number of aromatic amines is 1. The van der Waals surface area contributed by atoms with Crippen LogP contribution in [0.1, 0.15) is 10.5 Å². The number of aromatic nitrogens is 2. The number of pyridine rings is 1. The standard InChI is InChI=1S/C9H9N3O4S.ClH/c1-17(15,16)12-8-3-5-2-6(9(13)14)11-7(5)4-10-8;/h2-4,11H,1H3,(H,10,12)(H,13,14);1H. The zero-order valence-corrected chi connectivity index (χ0v) is 10.8. The number of carbonyl (C=O) groups is 1. The first-order chi connectivity index (χ1) is 7.85. The Kier molecular flexibility index (Phi) is 3.82. The maximum Gasteiger partial charge on any atom is 0.352 e. The fourth-order valence-corrected chi connectivity index (χ4v) is 1.88. The van der Waals surface area contributed by atoms with Crippen molar-refractivity contribution in [2.75, 3.05) is 11.0 Å². The molecule has 0 bridgehead atoms. The summed E-state index contributed by atoms with van der Waals surface area (Å²) in [7, 11) is -3.39. The van der Waals surface area contributed by atoms with Gasteiger partial charge in [-0.25, -0.2) is 18.2 Å². The summed E-state index contributed by atoms with van der Waals surface area (Å²) in [6.45, 7) is 0. The monoisotopic (exact) mass is 291 g/mol. The Balaban J connectivity index is 0.00000162. The number of fused-ring (bicyclic) bond motifs is 1. The SMILES string of the molecule is CS(=O)(=O)Nc1cc2cc(C(=O)O)[nH]c2cn1.Cl. The molecule has 0 radical (unpaired) electrons. The van der Waals surface area contributed by atoms with Crippen LogP contribution in [0.15, 0.2) is 18.3 Å². The lowest BCUT2D eigenvalue weighted by Gasteiger charge is -2.01. The minimum absolute atomic E-state index is 0. The van der Waals surface area contributed by atoms with Crippen molar-refractivity contribution in [2.45, 2.75) is 0 Å². The average molecular weight is 292 g/mol. The Bertz CT molecular complexity index is 695. The van der Waals surface area contributed by atoms with Crippen LogP contribution in [0.25, 0.3) is 10.9 Å². The highest BCUT2D eigenvalue weighted by molar-refractivity contribution is 7.92. The summed E-state index contributed by atoms with van der Waals surface area (Å²) in [5.41, 5.74) is 0.555. The molecular formula is C9H10ClN3O4S. The number of hydrogen-bond donors (Lipinski definition) is 3. The van der Waals surface area contributed by atoms with Crippen LogP contribution < -0.4 is 4.72 Å². The van der Waals surface area contributed by atoms with Gasteiger partial charge in [-0.05, 0) is 12.1 Å². The van der Waals surface area contributed by atoms with Gasteiger partial charge in [-0.15, -0.1) is 12.4 Å². The van der Waals surface area contributed by atoms with Crippen LogP contribution in [-0.2, 0) is 10.0 Å². The van der Waals surface area contributed by atoms with Crippen molar-refractivity contribution >= 4 is 45.1 Å². The largest absolute Gasteiger partial charge is 0.477 e. The highest BCUT2D eigenvalue weighted by atomic mass is 35.5. The van der Waals surface area contributed by atoms with E-state index in [0.29, 0.717) is 10.9 Å². The van der Waals surface area contributed by atoms with Gasteiger partial charge in [0.25, 0.3) is 0 Å². The van der Waals surface area contributed by atoms with E-state index in [-0.39, 0.29) is 23.9 Å². The molecule has 0 amide bonds. The number of aromatic carboxylic acids is 1. The van der Waals surface area contributed by atoms with E-state index < -0.39 is 16.0 Å². The van der Waals surface area contributed by atoms with E-state index in [1.165, 1.54) is 18.3 Å². The Labute approximate surface area is 109 Å². The van der Waals surface area contributed by atoms with Crippen LogP contribution in [0.2, 0.25) is 0 Å². The number of rotatable bonds is 3. The van der Waals surface area contributed by atoms with E-state index in [0.717, 1.165) is 6.26 Å². The van der Waals surface area contributed by atoms with Gasteiger partial charge in [-0.1, -0.05) is 0 Å². The predicted molar refractivity (Wildman–Crippen MR) is 68.8 cm³/mol. The van der Waals surface area contributed by atoms with Gasteiger partial charge in [0, 0.05) is 5.39 Å². The van der Waals surface area contributed by atoms with Crippen LogP contribution in [-0.4, -0.2) is 35.7 Å². The summed E-state index contributed by atoms with van der Waals surface area (Å²) in [6.07, 6.45) is 2.38. The second kappa shape index (κ2) is 4.83. The van der Waals surface area contributed by atoms with E-state index in [1.54, 1.807) is 0 Å². The average Bonchev–Trinajstić information content (AvgIpc) is 2.57. The second-order valence-corrected chi connectivity index (χ2v) is 5.27. The van der Waals surface area contributed by atoms with Crippen molar-refractivity contribution < 1.29 is 18.3 Å². The minimum atomic E-state index is -3.39. The lowest BCUT2D eigenvalue weighted by atomic mass is 10.3. The molecule has 7 nitrogen and oxygen atoms in total. The molecule has 2 aromatic rings. The molecule has 2 heterocycles. The van der Waals surface area contributed by atoms with Gasteiger partial charge < -0.3 is 10.1 Å². The summed E-state index contributed by atoms with van der Waals surface area (Å²) in [5, 5.41) is 9.35. The molecule has 3 N–H and O–H groups in total. The summed E-state index contributed by atoms with van der Waals surface area (Å²) in [6, 6.07) is 2.87. The van der Waals surface area contributed by atoms with E-state index in [9.17, 15) is 13.2 Å². The molecule has 18 heavy (non-hydrogen) atoms. The Morgan fingerprint density at radius 3 is 2.67 bits per heavy atom. The Morgan fingerprint density at radius 1 is 1.44 bits per heavy atom. The number of anilines is 1. The first-order valence-corrected chi connectivity index (χ1v) is 6.44. The summed E-state index contributed by atoms with van der Waals surface area (Å²) in [5.74, 6) is -0.935. The normalized spacial score (nSPS) is 10.9.